The maximum Gasteiger partial charge on any atom is 0.407 e. The highest BCUT2D eigenvalue weighted by Gasteiger charge is 2.11. The summed E-state index contributed by atoms with van der Waals surface area (Å²) in [5.74, 6) is -4.83. The molecule has 0 aliphatic heterocycles. The molecule has 332 valence electrons. The van der Waals surface area contributed by atoms with E-state index < -0.39 is 60.2 Å². The van der Waals surface area contributed by atoms with Gasteiger partial charge in [0.15, 0.2) is 0 Å². The molecule has 60 heavy (non-hydrogen) atoms. The van der Waals surface area contributed by atoms with E-state index in [4.69, 9.17) is 20.3 Å². The minimum atomic E-state index is -1.19. The Morgan fingerprint density at radius 3 is 1.17 bits per heavy atom. The summed E-state index contributed by atoms with van der Waals surface area (Å²) in [6.07, 6.45) is -1.19. The van der Waals surface area contributed by atoms with Crippen molar-refractivity contribution in [2.75, 3.05) is 66.6 Å². The quantitative estimate of drug-likeness (QED) is 0.0483. The van der Waals surface area contributed by atoms with Gasteiger partial charge in [0, 0.05) is 13.1 Å². The first kappa shape index (κ1) is 55.1. The van der Waals surface area contributed by atoms with Crippen LogP contribution in [0.5, 0.6) is 0 Å². The molecular formula is C36H51ClN8O15. The monoisotopic (exact) mass is 870 g/mol. The number of nitrogens with one attached hydrogen (secondary N) is 7. The Balaban J connectivity index is 0. The molecule has 2 aromatic carbocycles. The fourth-order valence-corrected chi connectivity index (χ4v) is 3.50. The van der Waals surface area contributed by atoms with Gasteiger partial charge in [-0.25, -0.2) is 9.59 Å². The minimum Gasteiger partial charge on any atom is -0.480 e. The average molecular weight is 871 g/mol. The number of ether oxygens (including phenoxy) is 4. The molecule has 0 aliphatic rings. The van der Waals surface area contributed by atoms with Crippen LogP contribution in [0.15, 0.2) is 60.7 Å². The zero-order chi connectivity index (χ0) is 44.3. The lowest BCUT2D eigenvalue weighted by Crippen LogP contribution is -2.44. The Hall–Kier alpha value is -7.01. The SMILES string of the molecule is COC(=O)CCN.COC(=O)CCNC(=O)CNC(=O)CNC(=O)CNC(=O)OCc1ccccc1.Cl.O=C(O)CNC(=O)CNC(=O)CNC(=O)OCc1ccccc1. The van der Waals surface area contributed by atoms with E-state index in [1.807, 2.05) is 12.1 Å². The lowest BCUT2D eigenvalue weighted by molar-refractivity contribution is -0.141. The molecule has 0 unspecified atom stereocenters. The van der Waals surface area contributed by atoms with Crippen LogP contribution in [0.25, 0.3) is 0 Å². The molecular weight excluding hydrogens is 820 g/mol. The Morgan fingerprint density at radius 2 is 0.833 bits per heavy atom. The molecule has 10 N–H and O–H groups in total. The van der Waals surface area contributed by atoms with Gasteiger partial charge in [-0.15, -0.1) is 12.4 Å². The van der Waals surface area contributed by atoms with Gasteiger partial charge in [0.25, 0.3) is 0 Å². The van der Waals surface area contributed by atoms with E-state index in [9.17, 15) is 47.9 Å². The van der Waals surface area contributed by atoms with E-state index in [-0.39, 0.29) is 77.3 Å². The third-order valence-corrected chi connectivity index (χ3v) is 6.44. The predicted octanol–water partition coefficient (Wildman–Crippen LogP) is -2.02. The number of nitrogens with two attached hydrogens (primary N) is 1. The van der Waals surface area contributed by atoms with Crippen LogP contribution in [0.1, 0.15) is 24.0 Å². The number of amides is 7. The van der Waals surface area contributed by atoms with E-state index in [1.54, 1.807) is 48.5 Å². The number of esters is 2. The van der Waals surface area contributed by atoms with Gasteiger partial charge in [-0.3, -0.25) is 38.4 Å². The summed E-state index contributed by atoms with van der Waals surface area (Å²) in [5, 5.41) is 24.1. The van der Waals surface area contributed by atoms with Crippen LogP contribution in [0, 0.1) is 0 Å². The third-order valence-electron chi connectivity index (χ3n) is 6.44. The van der Waals surface area contributed by atoms with Crippen LogP contribution in [0.3, 0.4) is 0 Å². The lowest BCUT2D eigenvalue weighted by atomic mass is 10.2. The van der Waals surface area contributed by atoms with Gasteiger partial charge in [-0.05, 0) is 11.1 Å². The molecule has 0 radical (unpaired) electrons. The van der Waals surface area contributed by atoms with Crippen molar-refractivity contribution in [3.8, 4) is 0 Å². The topological polar surface area (TPSA) is 338 Å². The molecule has 0 heterocycles. The molecule has 24 heteroatoms. The normalized spacial score (nSPS) is 9.32. The van der Waals surface area contributed by atoms with Gasteiger partial charge >= 0.3 is 30.1 Å². The van der Waals surface area contributed by atoms with Crippen LogP contribution in [-0.2, 0) is 70.5 Å². The molecule has 0 bridgehead atoms. The Kier molecular flexibility index (Phi) is 32.3. The van der Waals surface area contributed by atoms with E-state index in [2.05, 4.69) is 46.7 Å². The molecule has 0 aromatic heterocycles. The van der Waals surface area contributed by atoms with E-state index in [0.717, 1.165) is 11.1 Å². The first-order chi connectivity index (χ1) is 28.2. The second-order valence-corrected chi connectivity index (χ2v) is 11.1. The van der Waals surface area contributed by atoms with E-state index >= 15 is 0 Å². The standard InChI is InChI=1S/C18H24N4O7.C14H17N3O6.C4H9NO2.ClH/c1-28-17(26)7-8-19-14(23)9-20-15(24)10-21-16(25)11-22-18(27)29-12-13-5-3-2-4-6-13;18-11(16-8-13(20)21)6-15-12(19)7-17-14(22)23-9-10-4-2-1-3-5-10;1-7-4(6)2-3-5;/h2-6H,7-12H2,1H3,(H,19,23)(H,20,24)(H,21,25)(H,22,27);1-5H,6-9H2,(H,15,19)(H,16,18)(H,17,22)(H,20,21);2-3,5H2,1H3;1H. The maximum atomic E-state index is 11.6. The second kappa shape index (κ2) is 35.2. The number of halogens is 1. The fourth-order valence-electron chi connectivity index (χ4n) is 3.50. The molecule has 0 saturated carbocycles. The summed E-state index contributed by atoms with van der Waals surface area (Å²) in [7, 11) is 2.58. The van der Waals surface area contributed by atoms with Crippen LogP contribution in [0.2, 0.25) is 0 Å². The summed E-state index contributed by atoms with van der Waals surface area (Å²) in [4.78, 5) is 111. The summed E-state index contributed by atoms with van der Waals surface area (Å²) >= 11 is 0. The van der Waals surface area contributed by atoms with Crippen LogP contribution in [0.4, 0.5) is 9.59 Å². The number of carboxylic acid groups (broad SMARTS) is 1. The van der Waals surface area contributed by atoms with Crippen molar-refractivity contribution in [2.45, 2.75) is 26.1 Å². The summed E-state index contributed by atoms with van der Waals surface area (Å²) < 4.78 is 18.5. The number of hydrogen-bond donors (Lipinski definition) is 9. The zero-order valence-electron chi connectivity index (χ0n) is 32.9. The number of aliphatic carboxylic acids is 1. The molecule has 0 spiro atoms. The van der Waals surface area contributed by atoms with Crippen molar-refractivity contribution in [3.05, 3.63) is 71.8 Å². The second-order valence-electron chi connectivity index (χ2n) is 11.1. The Labute approximate surface area is 350 Å². The highest BCUT2D eigenvalue weighted by atomic mass is 35.5. The van der Waals surface area contributed by atoms with Crippen molar-refractivity contribution in [1.29, 1.82) is 0 Å². The Bertz CT molecular complexity index is 1650. The molecule has 0 saturated heterocycles. The lowest BCUT2D eigenvalue weighted by Gasteiger charge is -2.09. The van der Waals surface area contributed by atoms with Gasteiger partial charge in [-0.1, -0.05) is 60.7 Å². The van der Waals surface area contributed by atoms with Gasteiger partial charge in [0.2, 0.25) is 29.5 Å². The first-order valence-corrected chi connectivity index (χ1v) is 17.5. The number of rotatable bonds is 21. The van der Waals surface area contributed by atoms with Gasteiger partial charge in [0.05, 0.1) is 46.7 Å². The molecule has 0 aliphatic carbocycles. The number of carboxylic acids is 1. The third kappa shape index (κ3) is 33.2. The molecule has 2 rings (SSSR count). The van der Waals surface area contributed by atoms with Crippen molar-refractivity contribution < 1.29 is 72.0 Å². The number of carbonyl (C=O) groups excluding carboxylic acids is 9. The Morgan fingerprint density at radius 1 is 0.500 bits per heavy atom. The van der Waals surface area contributed by atoms with Crippen molar-refractivity contribution in [1.82, 2.24) is 37.2 Å². The number of methoxy groups -OCH3 is 2. The molecule has 7 amide bonds. The smallest absolute Gasteiger partial charge is 0.407 e. The molecule has 0 fully saturated rings. The number of benzene rings is 2. The van der Waals surface area contributed by atoms with Crippen LogP contribution >= 0.6 is 12.4 Å². The highest BCUT2D eigenvalue weighted by Crippen LogP contribution is 2.01. The minimum absolute atomic E-state index is 0. The predicted molar refractivity (Wildman–Crippen MR) is 212 cm³/mol. The largest absolute Gasteiger partial charge is 0.480 e. The number of hydrogen-bond acceptors (Lipinski definition) is 15. The number of alkyl carbamates (subject to hydrolysis) is 2. The molecule has 23 nitrogen and oxygen atoms in total. The van der Waals surface area contributed by atoms with Crippen molar-refractivity contribution in [3.63, 3.8) is 0 Å². The number of carbonyl (C=O) groups is 10. The zero-order valence-corrected chi connectivity index (χ0v) is 33.7. The fraction of sp³-hybridized carbons (Fsp3) is 0.389. The average Bonchev–Trinajstić information content (AvgIpc) is 3.24. The highest BCUT2D eigenvalue weighted by molar-refractivity contribution is 5.90. The van der Waals surface area contributed by atoms with E-state index in [1.165, 1.54) is 14.2 Å². The molecule has 2 aromatic rings. The van der Waals surface area contributed by atoms with Gasteiger partial charge < -0.3 is 67.0 Å². The summed E-state index contributed by atoms with van der Waals surface area (Å²) in [6, 6.07) is 18.0. The van der Waals surface area contributed by atoms with Crippen molar-refractivity contribution >= 4 is 72.0 Å². The van der Waals surface area contributed by atoms with Crippen LogP contribution < -0.4 is 43.0 Å². The van der Waals surface area contributed by atoms with Gasteiger partial charge in [-0.2, -0.15) is 0 Å². The molecule has 0 atom stereocenters. The summed E-state index contributed by atoms with van der Waals surface area (Å²) in [6.45, 7) is -1.71. The van der Waals surface area contributed by atoms with E-state index in [0.29, 0.717) is 13.0 Å². The van der Waals surface area contributed by atoms with Crippen molar-refractivity contribution in [2.24, 2.45) is 5.73 Å². The first-order valence-electron chi connectivity index (χ1n) is 17.5. The maximum absolute atomic E-state index is 11.6. The van der Waals surface area contributed by atoms with Crippen LogP contribution in [-0.4, -0.2) is 131 Å². The summed E-state index contributed by atoms with van der Waals surface area (Å²) in [5.41, 5.74) is 6.62. The van der Waals surface area contributed by atoms with Gasteiger partial charge in [0.1, 0.15) is 32.8 Å².